The fourth-order valence-corrected chi connectivity index (χ4v) is 6.13. The van der Waals surface area contributed by atoms with Crippen molar-refractivity contribution in [1.29, 1.82) is 0 Å². The van der Waals surface area contributed by atoms with Gasteiger partial charge in [-0.15, -0.1) is 0 Å². The largest absolute Gasteiger partial charge is 0.530 e. The first kappa shape index (κ1) is 31.0. The lowest BCUT2D eigenvalue weighted by atomic mass is 10.1. The lowest BCUT2D eigenvalue weighted by molar-refractivity contribution is 0.143. The fraction of sp³-hybridized carbons (Fsp3) is 0.111. The summed E-state index contributed by atoms with van der Waals surface area (Å²) in [5.74, 6) is -0.690. The molecule has 1 heterocycles. The molecule has 6 aromatic rings. The van der Waals surface area contributed by atoms with Crippen LogP contribution in [-0.4, -0.2) is 9.55 Å². The molecule has 0 fully saturated rings. The van der Waals surface area contributed by atoms with Crippen molar-refractivity contribution in [2.75, 3.05) is 0 Å². The van der Waals surface area contributed by atoms with Gasteiger partial charge in [-0.2, -0.15) is 0 Å². The van der Waals surface area contributed by atoms with E-state index in [9.17, 15) is 18.1 Å². The molecule has 10 heteroatoms. The molecule has 232 valence electrons. The minimum Gasteiger partial charge on any atom is -0.403 e. The molecule has 0 bridgehead atoms. The molecule has 0 aliphatic rings. The standard InChI is InChI=1S/C36H29F2N2O5P/c37-29-15-9-14-26(22-29)20-21-40-35(39-33-19-18-30(38)23-32(33)36(40)41)31-16-7-8-17-34(31)45-46(42,43-24-27-10-3-1-4-11-27)44-25-28-12-5-2-6-13-28/h1-19,22-23H,20-21,24-25H2. The number of benzene rings is 5. The zero-order chi connectivity index (χ0) is 31.9. The van der Waals surface area contributed by atoms with Gasteiger partial charge in [-0.1, -0.05) is 84.9 Å². The summed E-state index contributed by atoms with van der Waals surface area (Å²) in [6.07, 6.45) is 0.287. The fourth-order valence-electron chi connectivity index (χ4n) is 4.94. The predicted molar refractivity (Wildman–Crippen MR) is 172 cm³/mol. The van der Waals surface area contributed by atoms with E-state index in [1.54, 1.807) is 36.4 Å². The monoisotopic (exact) mass is 638 g/mol. The van der Waals surface area contributed by atoms with Crippen LogP contribution in [-0.2, 0) is 39.8 Å². The number of para-hydroxylation sites is 1. The molecule has 0 N–H and O–H groups in total. The van der Waals surface area contributed by atoms with Crippen molar-refractivity contribution in [3.8, 4) is 17.1 Å². The third-order valence-corrected chi connectivity index (χ3v) is 8.54. The molecular weight excluding hydrogens is 609 g/mol. The molecule has 0 aliphatic carbocycles. The van der Waals surface area contributed by atoms with Crippen molar-refractivity contribution < 1.29 is 26.9 Å². The molecule has 0 unspecified atom stereocenters. The highest BCUT2D eigenvalue weighted by molar-refractivity contribution is 7.48. The van der Waals surface area contributed by atoms with Crippen LogP contribution in [0.3, 0.4) is 0 Å². The van der Waals surface area contributed by atoms with Crippen LogP contribution in [0.15, 0.2) is 132 Å². The number of hydrogen-bond acceptors (Lipinski definition) is 6. The maximum Gasteiger partial charge on any atom is 0.530 e. The van der Waals surface area contributed by atoms with Crippen LogP contribution in [0.4, 0.5) is 8.78 Å². The average Bonchev–Trinajstić information content (AvgIpc) is 3.08. The van der Waals surface area contributed by atoms with Crippen LogP contribution >= 0.6 is 7.82 Å². The first-order valence-electron chi connectivity index (χ1n) is 14.6. The quantitative estimate of drug-likeness (QED) is 0.125. The summed E-state index contributed by atoms with van der Waals surface area (Å²) in [4.78, 5) is 18.5. The number of rotatable bonds is 12. The molecule has 7 nitrogen and oxygen atoms in total. The Morgan fingerprint density at radius 1 is 0.674 bits per heavy atom. The van der Waals surface area contributed by atoms with Crippen LogP contribution < -0.4 is 10.1 Å². The topological polar surface area (TPSA) is 79.7 Å². The van der Waals surface area contributed by atoms with E-state index in [1.807, 2.05) is 60.7 Å². The first-order chi connectivity index (χ1) is 22.4. The van der Waals surface area contributed by atoms with E-state index in [0.717, 1.165) is 17.2 Å². The van der Waals surface area contributed by atoms with Gasteiger partial charge in [0.05, 0.1) is 29.7 Å². The molecule has 0 spiro atoms. The second-order valence-electron chi connectivity index (χ2n) is 10.5. The number of phosphoric ester groups is 1. The van der Waals surface area contributed by atoms with Gasteiger partial charge in [0.1, 0.15) is 23.2 Å². The van der Waals surface area contributed by atoms with Crippen LogP contribution in [0.5, 0.6) is 5.75 Å². The number of aryl methyl sites for hydroxylation is 1. The smallest absolute Gasteiger partial charge is 0.403 e. The minimum absolute atomic E-state index is 0.0484. The van der Waals surface area contributed by atoms with E-state index in [4.69, 9.17) is 18.6 Å². The zero-order valence-corrected chi connectivity index (χ0v) is 25.5. The van der Waals surface area contributed by atoms with Crippen molar-refractivity contribution in [3.63, 3.8) is 0 Å². The van der Waals surface area contributed by atoms with Crippen LogP contribution in [0.1, 0.15) is 16.7 Å². The van der Waals surface area contributed by atoms with Crippen LogP contribution in [0.2, 0.25) is 0 Å². The van der Waals surface area contributed by atoms with E-state index in [1.165, 1.54) is 28.8 Å². The Kier molecular flexibility index (Phi) is 9.45. The normalized spacial score (nSPS) is 11.5. The first-order valence-corrected chi connectivity index (χ1v) is 16.0. The minimum atomic E-state index is -4.28. The van der Waals surface area contributed by atoms with Gasteiger partial charge in [0.25, 0.3) is 5.56 Å². The Balaban J connectivity index is 1.40. The molecule has 6 rings (SSSR count). The lowest BCUT2D eigenvalue weighted by Gasteiger charge is -2.21. The summed E-state index contributed by atoms with van der Waals surface area (Å²) in [5, 5.41) is 0.0875. The highest BCUT2D eigenvalue weighted by Crippen LogP contribution is 2.52. The SMILES string of the molecule is O=c1c2cc(F)ccc2nc(-c2ccccc2OP(=O)(OCc2ccccc2)OCc2ccccc2)n1CCc1cccc(F)c1. The van der Waals surface area contributed by atoms with E-state index in [-0.39, 0.29) is 48.7 Å². The number of fused-ring (bicyclic) bond motifs is 1. The molecule has 0 radical (unpaired) electrons. The Hall–Kier alpha value is -4.95. The van der Waals surface area contributed by atoms with Crippen molar-refractivity contribution in [2.45, 2.75) is 26.2 Å². The summed E-state index contributed by atoms with van der Waals surface area (Å²) >= 11 is 0. The third-order valence-electron chi connectivity index (χ3n) is 7.23. The number of phosphoric acid groups is 1. The highest BCUT2D eigenvalue weighted by Gasteiger charge is 2.31. The summed E-state index contributed by atoms with van der Waals surface area (Å²) in [7, 11) is -4.28. The van der Waals surface area contributed by atoms with Gasteiger partial charge in [-0.25, -0.2) is 18.3 Å². The van der Waals surface area contributed by atoms with E-state index in [0.29, 0.717) is 11.1 Å². The molecule has 46 heavy (non-hydrogen) atoms. The molecule has 0 saturated heterocycles. The molecule has 0 aliphatic heterocycles. The van der Waals surface area contributed by atoms with Gasteiger partial charge in [-0.05, 0) is 65.6 Å². The Bertz CT molecular complexity index is 2030. The van der Waals surface area contributed by atoms with Crippen molar-refractivity contribution in [2.24, 2.45) is 0 Å². The van der Waals surface area contributed by atoms with E-state index in [2.05, 4.69) is 0 Å². The Morgan fingerprint density at radius 2 is 1.28 bits per heavy atom. The van der Waals surface area contributed by atoms with Gasteiger partial charge >= 0.3 is 7.82 Å². The van der Waals surface area contributed by atoms with Crippen molar-refractivity contribution in [1.82, 2.24) is 9.55 Å². The summed E-state index contributed by atoms with van der Waals surface area (Å²) < 4.78 is 61.5. The maximum atomic E-state index is 14.2. The Labute approximate surface area is 264 Å². The summed E-state index contributed by atoms with van der Waals surface area (Å²) in [5.41, 5.74) is 2.29. The van der Waals surface area contributed by atoms with Gasteiger partial charge in [0, 0.05) is 6.54 Å². The van der Waals surface area contributed by atoms with Gasteiger partial charge in [-0.3, -0.25) is 18.4 Å². The van der Waals surface area contributed by atoms with Crippen LogP contribution in [0.25, 0.3) is 22.3 Å². The molecule has 5 aromatic carbocycles. The number of halogens is 2. The Morgan fingerprint density at radius 3 is 1.96 bits per heavy atom. The molecule has 0 atom stereocenters. The van der Waals surface area contributed by atoms with E-state index < -0.39 is 25.0 Å². The van der Waals surface area contributed by atoms with Gasteiger partial charge < -0.3 is 4.52 Å². The summed E-state index contributed by atoms with van der Waals surface area (Å²) in [6, 6.07) is 34.9. The third kappa shape index (κ3) is 7.46. The van der Waals surface area contributed by atoms with Crippen molar-refractivity contribution >= 4 is 18.7 Å². The van der Waals surface area contributed by atoms with E-state index >= 15 is 0 Å². The second kappa shape index (κ2) is 14.0. The highest BCUT2D eigenvalue weighted by atomic mass is 31.2. The number of aromatic nitrogens is 2. The zero-order valence-electron chi connectivity index (χ0n) is 24.6. The maximum absolute atomic E-state index is 14.2. The number of nitrogens with zero attached hydrogens (tertiary/aromatic N) is 2. The predicted octanol–water partition coefficient (Wildman–Crippen LogP) is 8.50. The average molecular weight is 639 g/mol. The lowest BCUT2D eigenvalue weighted by Crippen LogP contribution is -2.25. The summed E-state index contributed by atoms with van der Waals surface area (Å²) in [6.45, 7) is -0.00149. The molecule has 0 saturated carbocycles. The molecular formula is C36H29F2N2O5P. The molecule has 0 amide bonds. The second-order valence-corrected chi connectivity index (χ2v) is 12.1. The number of hydrogen-bond donors (Lipinski definition) is 0. The van der Waals surface area contributed by atoms with Crippen LogP contribution in [0, 0.1) is 11.6 Å². The van der Waals surface area contributed by atoms with Gasteiger partial charge in [0.2, 0.25) is 0 Å². The van der Waals surface area contributed by atoms with Crippen molar-refractivity contribution in [3.05, 3.63) is 166 Å². The molecule has 1 aromatic heterocycles. The van der Waals surface area contributed by atoms with Gasteiger partial charge in [0.15, 0.2) is 0 Å².